The molecule has 1 atom stereocenters. The molecule has 1 N–H and O–H groups in total. The first-order valence-electron chi connectivity index (χ1n) is 7.30. The Bertz CT molecular complexity index is 688. The summed E-state index contributed by atoms with van der Waals surface area (Å²) in [5, 5.41) is 0.847. The van der Waals surface area contributed by atoms with E-state index in [0.29, 0.717) is 6.54 Å². The van der Waals surface area contributed by atoms with Crippen molar-refractivity contribution >= 4 is 21.6 Å². The molecule has 0 aromatic carbocycles. The maximum Gasteiger partial charge on any atom is 0.259 e. The Morgan fingerprint density at radius 3 is 3.05 bits per heavy atom. The van der Waals surface area contributed by atoms with Crippen LogP contribution in [0.3, 0.4) is 0 Å². The molecule has 0 spiro atoms. The van der Waals surface area contributed by atoms with E-state index in [1.807, 2.05) is 7.05 Å². The summed E-state index contributed by atoms with van der Waals surface area (Å²) < 4.78 is 0. The number of aromatic amines is 1. The second-order valence-corrected chi connectivity index (χ2v) is 6.96. The van der Waals surface area contributed by atoms with Gasteiger partial charge in [-0.2, -0.15) is 0 Å². The van der Waals surface area contributed by atoms with E-state index in [2.05, 4.69) is 28.7 Å². The molecule has 1 aliphatic carbocycles. The summed E-state index contributed by atoms with van der Waals surface area (Å²) in [5.74, 6) is 1.50. The molecule has 5 heteroatoms. The third kappa shape index (κ3) is 2.40. The van der Waals surface area contributed by atoms with Crippen molar-refractivity contribution in [2.45, 2.75) is 39.7 Å². The minimum atomic E-state index is 0.0431. The number of nitrogens with zero attached hydrogens (tertiary/aromatic N) is 2. The topological polar surface area (TPSA) is 49.0 Å². The first kappa shape index (κ1) is 13.8. The first-order valence-corrected chi connectivity index (χ1v) is 8.12. The van der Waals surface area contributed by atoms with Gasteiger partial charge >= 0.3 is 0 Å². The standard InChI is InChI=1S/C15H21N3OS/c1-4-18(3)8-12-16-14(19)13-10-6-5-9(2)7-11(10)20-15(13)17-12/h9H,4-8H2,1-3H3,(H,16,17,19)/t9-/m0/s1. The van der Waals surface area contributed by atoms with Crippen molar-refractivity contribution in [3.8, 4) is 0 Å². The van der Waals surface area contributed by atoms with Gasteiger partial charge in [0.15, 0.2) is 0 Å². The van der Waals surface area contributed by atoms with Gasteiger partial charge in [0.1, 0.15) is 10.7 Å². The molecule has 2 heterocycles. The zero-order chi connectivity index (χ0) is 14.3. The number of thiophene rings is 1. The molecule has 0 fully saturated rings. The summed E-state index contributed by atoms with van der Waals surface area (Å²) in [6.45, 7) is 6.02. The highest BCUT2D eigenvalue weighted by molar-refractivity contribution is 7.18. The molecule has 0 saturated carbocycles. The third-order valence-corrected chi connectivity index (χ3v) is 5.32. The van der Waals surface area contributed by atoms with Gasteiger partial charge in [-0.3, -0.25) is 9.69 Å². The van der Waals surface area contributed by atoms with Crippen molar-refractivity contribution in [3.05, 3.63) is 26.6 Å². The lowest BCUT2D eigenvalue weighted by Gasteiger charge is -2.17. The van der Waals surface area contributed by atoms with Gasteiger partial charge in [0.25, 0.3) is 5.56 Å². The zero-order valence-corrected chi connectivity index (χ0v) is 13.1. The molecule has 4 nitrogen and oxygen atoms in total. The van der Waals surface area contributed by atoms with Crippen molar-refractivity contribution in [2.24, 2.45) is 5.92 Å². The molecule has 0 unspecified atom stereocenters. The van der Waals surface area contributed by atoms with Crippen molar-refractivity contribution in [1.82, 2.24) is 14.9 Å². The van der Waals surface area contributed by atoms with Crippen LogP contribution in [0.4, 0.5) is 0 Å². The SMILES string of the molecule is CCN(C)Cc1nc2sc3c(c2c(=O)[nH]1)CC[C@H](C)C3. The van der Waals surface area contributed by atoms with Crippen molar-refractivity contribution in [1.29, 1.82) is 0 Å². The van der Waals surface area contributed by atoms with Gasteiger partial charge in [0.2, 0.25) is 0 Å². The average molecular weight is 291 g/mol. The highest BCUT2D eigenvalue weighted by Gasteiger charge is 2.22. The monoisotopic (exact) mass is 291 g/mol. The summed E-state index contributed by atoms with van der Waals surface area (Å²) >= 11 is 1.72. The van der Waals surface area contributed by atoms with Gasteiger partial charge in [-0.15, -0.1) is 11.3 Å². The molecule has 2 aromatic rings. The van der Waals surface area contributed by atoms with Crippen molar-refractivity contribution < 1.29 is 0 Å². The molecular formula is C15H21N3OS. The van der Waals surface area contributed by atoms with Crippen LogP contribution in [0.25, 0.3) is 10.2 Å². The van der Waals surface area contributed by atoms with Crippen LogP contribution in [-0.4, -0.2) is 28.5 Å². The molecule has 20 heavy (non-hydrogen) atoms. The molecule has 0 radical (unpaired) electrons. The Morgan fingerprint density at radius 2 is 2.30 bits per heavy atom. The van der Waals surface area contributed by atoms with E-state index < -0.39 is 0 Å². The number of rotatable bonds is 3. The number of nitrogens with one attached hydrogen (secondary N) is 1. The summed E-state index contributed by atoms with van der Waals surface area (Å²) in [4.78, 5) is 24.4. The average Bonchev–Trinajstić information content (AvgIpc) is 2.75. The van der Waals surface area contributed by atoms with E-state index in [1.54, 1.807) is 11.3 Å². The Kier molecular flexibility index (Phi) is 3.65. The fourth-order valence-electron chi connectivity index (χ4n) is 2.84. The molecule has 0 aliphatic heterocycles. The number of hydrogen-bond acceptors (Lipinski definition) is 4. The van der Waals surface area contributed by atoms with Gasteiger partial charge in [-0.1, -0.05) is 13.8 Å². The maximum absolute atomic E-state index is 12.4. The number of fused-ring (bicyclic) bond motifs is 3. The molecule has 0 saturated heterocycles. The normalized spacial score (nSPS) is 18.7. The molecule has 0 bridgehead atoms. The molecule has 0 amide bonds. The lowest BCUT2D eigenvalue weighted by Crippen LogP contribution is -2.21. The second kappa shape index (κ2) is 5.30. The predicted molar refractivity (Wildman–Crippen MR) is 83.4 cm³/mol. The first-order chi connectivity index (χ1) is 9.58. The van der Waals surface area contributed by atoms with E-state index in [9.17, 15) is 4.79 Å². The summed E-state index contributed by atoms with van der Waals surface area (Å²) in [7, 11) is 2.03. The van der Waals surface area contributed by atoms with Crippen LogP contribution < -0.4 is 5.56 Å². The van der Waals surface area contributed by atoms with Crippen LogP contribution in [-0.2, 0) is 19.4 Å². The van der Waals surface area contributed by atoms with Crippen molar-refractivity contribution in [3.63, 3.8) is 0 Å². The van der Waals surface area contributed by atoms with Crippen LogP contribution >= 0.6 is 11.3 Å². The van der Waals surface area contributed by atoms with E-state index >= 15 is 0 Å². The van der Waals surface area contributed by atoms with Crippen LogP contribution in [0.15, 0.2) is 4.79 Å². The van der Waals surface area contributed by atoms with E-state index in [1.165, 1.54) is 16.9 Å². The predicted octanol–water partition coefficient (Wildman–Crippen LogP) is 2.56. The van der Waals surface area contributed by atoms with Gasteiger partial charge in [0.05, 0.1) is 11.9 Å². The van der Waals surface area contributed by atoms with Gasteiger partial charge in [-0.25, -0.2) is 4.98 Å². The second-order valence-electron chi connectivity index (χ2n) is 5.87. The van der Waals surface area contributed by atoms with Gasteiger partial charge in [-0.05, 0) is 44.3 Å². The third-order valence-electron chi connectivity index (χ3n) is 4.17. The fraction of sp³-hybridized carbons (Fsp3) is 0.600. The van der Waals surface area contributed by atoms with E-state index in [-0.39, 0.29) is 5.56 Å². The minimum absolute atomic E-state index is 0.0431. The largest absolute Gasteiger partial charge is 0.309 e. The number of hydrogen-bond donors (Lipinski definition) is 1. The molecular weight excluding hydrogens is 270 g/mol. The van der Waals surface area contributed by atoms with Crippen LogP contribution in [0.1, 0.15) is 36.5 Å². The molecule has 1 aliphatic rings. The van der Waals surface area contributed by atoms with Crippen molar-refractivity contribution in [2.75, 3.05) is 13.6 Å². The Morgan fingerprint density at radius 1 is 1.50 bits per heavy atom. The Labute approximate surface area is 122 Å². The molecule has 108 valence electrons. The highest BCUT2D eigenvalue weighted by atomic mass is 32.1. The van der Waals surface area contributed by atoms with E-state index in [0.717, 1.165) is 41.3 Å². The molecule has 2 aromatic heterocycles. The van der Waals surface area contributed by atoms with Crippen LogP contribution in [0.5, 0.6) is 0 Å². The number of H-pyrrole nitrogens is 1. The fourth-order valence-corrected chi connectivity index (χ4v) is 4.24. The smallest absolute Gasteiger partial charge is 0.259 e. The summed E-state index contributed by atoms with van der Waals surface area (Å²) in [5.41, 5.74) is 1.30. The lowest BCUT2D eigenvalue weighted by molar-refractivity contribution is 0.336. The Balaban J connectivity index is 2.07. The summed E-state index contributed by atoms with van der Waals surface area (Å²) in [6.07, 6.45) is 3.30. The number of aryl methyl sites for hydroxylation is 1. The Hall–Kier alpha value is -1.20. The van der Waals surface area contributed by atoms with Crippen LogP contribution in [0, 0.1) is 5.92 Å². The van der Waals surface area contributed by atoms with Crippen LogP contribution in [0.2, 0.25) is 0 Å². The maximum atomic E-state index is 12.4. The number of aromatic nitrogens is 2. The molecule has 3 rings (SSSR count). The zero-order valence-electron chi connectivity index (χ0n) is 12.3. The summed E-state index contributed by atoms with van der Waals surface area (Å²) in [6, 6.07) is 0. The lowest BCUT2D eigenvalue weighted by atomic mass is 9.89. The quantitative estimate of drug-likeness (QED) is 0.945. The van der Waals surface area contributed by atoms with E-state index in [4.69, 9.17) is 0 Å². The minimum Gasteiger partial charge on any atom is -0.309 e. The highest BCUT2D eigenvalue weighted by Crippen LogP contribution is 2.35. The van der Waals surface area contributed by atoms with Gasteiger partial charge in [0, 0.05) is 4.88 Å². The van der Waals surface area contributed by atoms with Gasteiger partial charge < -0.3 is 4.98 Å².